The van der Waals surface area contributed by atoms with Gasteiger partial charge in [-0.1, -0.05) is 64.1 Å². The van der Waals surface area contributed by atoms with Gasteiger partial charge in [0.05, 0.1) is 33.9 Å². The molecule has 0 bridgehead atoms. The summed E-state index contributed by atoms with van der Waals surface area (Å²) in [4.78, 5) is 40.6. The van der Waals surface area contributed by atoms with E-state index in [0.717, 1.165) is 45.9 Å². The van der Waals surface area contributed by atoms with Crippen LogP contribution in [-0.4, -0.2) is 102 Å². The van der Waals surface area contributed by atoms with Gasteiger partial charge in [-0.25, -0.2) is 4.98 Å². The fourth-order valence-electron chi connectivity index (χ4n) is 8.41. The molecule has 0 radical (unpaired) electrons. The number of amides is 2. The van der Waals surface area contributed by atoms with E-state index in [2.05, 4.69) is 55.5 Å². The first-order chi connectivity index (χ1) is 28.8. The smallest absolute Gasteiger partial charge is 0.254 e. The first-order valence-electron chi connectivity index (χ1n) is 20.5. The van der Waals surface area contributed by atoms with Gasteiger partial charge in [0.2, 0.25) is 11.8 Å². The molecule has 2 amide bonds. The van der Waals surface area contributed by atoms with Gasteiger partial charge in [-0.15, -0.1) is 21.5 Å². The predicted molar refractivity (Wildman–Crippen MR) is 228 cm³/mol. The van der Waals surface area contributed by atoms with Crippen molar-refractivity contribution in [3.05, 3.63) is 95.0 Å². The number of ether oxygens (including phenoxy) is 1. The summed E-state index contributed by atoms with van der Waals surface area (Å²) in [7, 11) is 0. The van der Waals surface area contributed by atoms with Gasteiger partial charge in [-0.3, -0.25) is 14.5 Å². The summed E-state index contributed by atoms with van der Waals surface area (Å²) < 4.78 is 11.7. The third kappa shape index (κ3) is 8.25. The number of benzene rings is 2. The van der Waals surface area contributed by atoms with Crippen LogP contribution in [-0.2, 0) is 15.0 Å². The predicted octanol–water partition coefficient (Wildman–Crippen LogP) is 6.62. The minimum atomic E-state index is -0.827. The lowest BCUT2D eigenvalue weighted by Crippen LogP contribution is -2.55. The summed E-state index contributed by atoms with van der Waals surface area (Å²) in [6, 6.07) is 19.8. The number of rotatable bonds is 14. The number of aromatic nitrogens is 5. The van der Waals surface area contributed by atoms with E-state index >= 15 is 0 Å². The number of aromatic hydroxyl groups is 1. The number of phenolic OH excluding ortho intramolecular Hbond substituents is 1. The van der Waals surface area contributed by atoms with Crippen LogP contribution >= 0.6 is 11.3 Å². The second-order valence-corrected chi connectivity index (χ2v) is 17.9. The number of aryl methyl sites for hydroxylation is 1. The number of thiazole rings is 1. The lowest BCUT2D eigenvalue weighted by molar-refractivity contribution is -0.141. The van der Waals surface area contributed by atoms with Crippen LogP contribution in [0.3, 0.4) is 0 Å². The minimum absolute atomic E-state index is 0.0531. The molecule has 2 aliphatic heterocycles. The molecular weight excluding hydrogens is 781 g/mol. The molecule has 6 aromatic rings. The summed E-state index contributed by atoms with van der Waals surface area (Å²) in [5, 5.41) is 37.9. The summed E-state index contributed by atoms with van der Waals surface area (Å²) in [6.07, 6.45) is -0.674. The third-order valence-corrected chi connectivity index (χ3v) is 13.3. The number of hydrogen-bond donors (Lipinski definition) is 4. The Labute approximate surface area is 353 Å². The summed E-state index contributed by atoms with van der Waals surface area (Å²) in [5.74, 6) is -0.288. The van der Waals surface area contributed by atoms with E-state index in [1.54, 1.807) is 29.5 Å². The van der Waals surface area contributed by atoms with Crippen molar-refractivity contribution in [1.82, 2.24) is 40.4 Å². The van der Waals surface area contributed by atoms with Gasteiger partial charge in [-0.2, -0.15) is 0 Å². The Hall–Kier alpha value is -5.64. The van der Waals surface area contributed by atoms with Crippen molar-refractivity contribution >= 4 is 34.2 Å². The quantitative estimate of drug-likeness (QED) is 0.0926. The molecule has 8 rings (SSSR count). The number of aliphatic hydroxyl groups is 1. The fourth-order valence-corrected chi connectivity index (χ4v) is 9.22. The van der Waals surface area contributed by atoms with Gasteiger partial charge in [0.25, 0.3) is 5.88 Å². The van der Waals surface area contributed by atoms with Crippen molar-refractivity contribution in [2.24, 2.45) is 11.8 Å². The highest BCUT2D eigenvalue weighted by atomic mass is 32.1. The standard InChI is InChI=1S/C45H52N8O6S/c1-25(2)40(44(57)53-23-32(54)19-35(53)43(56)47-26(3)28-11-13-29(14-12-28)41-27(4)46-24-60-41)37-20-39(51-59-37)58-16-15-52-21-31(22-52)45(5,6)38-18-30-17-34(49-50-42(30)48-38)33-9-7-8-10-36(33)55/h7-14,17-18,20,24-26,31-32,35,40,54-55H,15-16,19,21-23H2,1-6H3,(H,47,56)(H,48,50)/t26-,32+,35-,40+/m0/s1. The average molecular weight is 833 g/mol. The van der Waals surface area contributed by atoms with Gasteiger partial charge in [0.15, 0.2) is 11.4 Å². The van der Waals surface area contributed by atoms with E-state index in [4.69, 9.17) is 9.26 Å². The van der Waals surface area contributed by atoms with E-state index in [1.807, 2.05) is 75.7 Å². The number of para-hydroxylation sites is 1. The number of carbonyl (C=O) groups excluding carboxylic acids is 2. The molecular formula is C45H52N8O6S. The van der Waals surface area contributed by atoms with E-state index in [0.29, 0.717) is 47.6 Å². The molecule has 60 heavy (non-hydrogen) atoms. The second-order valence-electron chi connectivity index (χ2n) is 17.1. The lowest BCUT2D eigenvalue weighted by atomic mass is 9.72. The first kappa shape index (κ1) is 41.1. The summed E-state index contributed by atoms with van der Waals surface area (Å²) >= 11 is 1.59. The summed E-state index contributed by atoms with van der Waals surface area (Å²) in [5.41, 5.74) is 7.72. The van der Waals surface area contributed by atoms with Crippen molar-refractivity contribution in [3.8, 4) is 33.3 Å². The van der Waals surface area contributed by atoms with Crippen LogP contribution in [0.1, 0.15) is 75.7 Å². The van der Waals surface area contributed by atoms with Crippen LogP contribution < -0.4 is 10.1 Å². The van der Waals surface area contributed by atoms with E-state index in [1.165, 1.54) is 4.90 Å². The monoisotopic (exact) mass is 832 g/mol. The number of nitrogens with zero attached hydrogens (tertiary/aromatic N) is 6. The largest absolute Gasteiger partial charge is 0.507 e. The molecule has 14 nitrogen and oxygen atoms in total. The highest BCUT2D eigenvalue weighted by Gasteiger charge is 2.44. The molecule has 15 heteroatoms. The zero-order valence-corrected chi connectivity index (χ0v) is 35.6. The Morgan fingerprint density at radius 2 is 1.82 bits per heavy atom. The van der Waals surface area contributed by atoms with Gasteiger partial charge >= 0.3 is 0 Å². The van der Waals surface area contributed by atoms with Crippen LogP contribution in [0.25, 0.3) is 32.7 Å². The SMILES string of the molecule is Cc1ncsc1-c1ccc([C@H](C)NC(=O)[C@@H]2C[C@@H](O)CN2C(=O)[C@@H](c2cc(OCCN3CC(C(C)(C)c4cc5cc(-c6ccccc6O)nnc5[nH]4)C3)no2)C(C)C)cc1. The Kier molecular flexibility index (Phi) is 11.5. The number of fused-ring (bicyclic) bond motifs is 1. The maximum atomic E-state index is 14.2. The molecule has 2 saturated heterocycles. The molecule has 0 saturated carbocycles. The number of hydrogen-bond acceptors (Lipinski definition) is 12. The van der Waals surface area contributed by atoms with Gasteiger partial charge < -0.3 is 34.7 Å². The average Bonchev–Trinajstić information content (AvgIpc) is 4.02. The zero-order valence-electron chi connectivity index (χ0n) is 34.8. The number of likely N-dealkylation sites (tertiary alicyclic amines) is 2. The molecule has 0 aliphatic carbocycles. The molecule has 2 aromatic carbocycles. The van der Waals surface area contributed by atoms with E-state index in [9.17, 15) is 19.8 Å². The zero-order chi connectivity index (χ0) is 42.3. The first-order valence-corrected chi connectivity index (χ1v) is 21.4. The summed E-state index contributed by atoms with van der Waals surface area (Å²) in [6.45, 7) is 15.1. The molecule has 314 valence electrons. The topological polar surface area (TPSA) is 183 Å². The molecule has 4 atom stereocenters. The van der Waals surface area contributed by atoms with Crippen molar-refractivity contribution < 1.29 is 29.1 Å². The highest BCUT2D eigenvalue weighted by molar-refractivity contribution is 7.13. The molecule has 4 aromatic heterocycles. The Morgan fingerprint density at radius 3 is 2.53 bits per heavy atom. The molecule has 2 aliphatic rings. The molecule has 0 unspecified atom stereocenters. The highest BCUT2D eigenvalue weighted by Crippen LogP contribution is 2.39. The van der Waals surface area contributed by atoms with Crippen molar-refractivity contribution in [3.63, 3.8) is 0 Å². The number of nitrogens with one attached hydrogen (secondary N) is 2. The number of phenols is 1. The number of aliphatic hydroxyl groups excluding tert-OH is 1. The van der Waals surface area contributed by atoms with E-state index < -0.39 is 18.1 Å². The van der Waals surface area contributed by atoms with Crippen LogP contribution in [0.2, 0.25) is 0 Å². The van der Waals surface area contributed by atoms with Crippen LogP contribution in [0, 0.1) is 18.8 Å². The van der Waals surface area contributed by atoms with Crippen LogP contribution in [0.4, 0.5) is 0 Å². The second kappa shape index (κ2) is 16.8. The van der Waals surface area contributed by atoms with E-state index in [-0.39, 0.29) is 47.9 Å². The van der Waals surface area contributed by atoms with Gasteiger partial charge in [0, 0.05) is 60.7 Å². The minimum Gasteiger partial charge on any atom is -0.507 e. The Bertz CT molecular complexity index is 2470. The Balaban J connectivity index is 0.839. The molecule has 0 spiro atoms. The van der Waals surface area contributed by atoms with Crippen LogP contribution in [0.5, 0.6) is 11.6 Å². The number of aromatic amines is 1. The molecule has 6 heterocycles. The van der Waals surface area contributed by atoms with Crippen molar-refractivity contribution in [1.29, 1.82) is 0 Å². The number of H-pyrrole nitrogens is 1. The van der Waals surface area contributed by atoms with Crippen molar-refractivity contribution in [2.75, 3.05) is 32.8 Å². The maximum absolute atomic E-state index is 14.2. The number of carbonyl (C=O) groups is 2. The third-order valence-electron chi connectivity index (χ3n) is 12.3. The van der Waals surface area contributed by atoms with Crippen LogP contribution in [0.15, 0.2) is 76.8 Å². The number of β-amino-alcohol motifs (C(OH)–C–C–N with tert-alkyl or cyclic N) is 1. The Morgan fingerprint density at radius 1 is 1.05 bits per heavy atom. The lowest BCUT2D eigenvalue weighted by Gasteiger charge is -2.47. The normalized spacial score (nSPS) is 18.5. The maximum Gasteiger partial charge on any atom is 0.254 e. The van der Waals surface area contributed by atoms with Crippen molar-refractivity contribution in [2.45, 2.75) is 77.5 Å². The fraction of sp³-hybridized carbons (Fsp3) is 0.422. The van der Waals surface area contributed by atoms with Gasteiger partial charge in [-0.05, 0) is 66.2 Å². The molecule has 2 fully saturated rings. The van der Waals surface area contributed by atoms with Gasteiger partial charge in [0.1, 0.15) is 24.3 Å². The molecule has 4 N–H and O–H groups in total.